The third kappa shape index (κ3) is 7.45. The van der Waals surface area contributed by atoms with E-state index in [0.717, 1.165) is 43.5 Å². The number of aliphatic imine (C=N–C) groups is 1. The van der Waals surface area contributed by atoms with Crippen LogP contribution in [0.3, 0.4) is 0 Å². The van der Waals surface area contributed by atoms with Crippen molar-refractivity contribution >= 4 is 15.8 Å². The molecule has 2 N–H and O–H groups in total. The lowest BCUT2D eigenvalue weighted by Gasteiger charge is -2.25. The molecule has 0 aliphatic carbocycles. The third-order valence-electron chi connectivity index (χ3n) is 4.18. The summed E-state index contributed by atoms with van der Waals surface area (Å²) >= 11 is 0. The van der Waals surface area contributed by atoms with E-state index in [9.17, 15) is 8.42 Å². The Morgan fingerprint density at radius 3 is 2.85 bits per heavy atom. The normalized spacial score (nSPS) is 17.8. The second-order valence-corrected chi connectivity index (χ2v) is 9.37. The van der Waals surface area contributed by atoms with Gasteiger partial charge < -0.3 is 15.4 Å². The van der Waals surface area contributed by atoms with E-state index in [1.807, 2.05) is 11.6 Å². The third-order valence-corrected chi connectivity index (χ3v) is 5.09. The molecule has 0 radical (unpaired) electrons. The van der Waals surface area contributed by atoms with Gasteiger partial charge >= 0.3 is 0 Å². The molecule has 0 spiro atoms. The summed E-state index contributed by atoms with van der Waals surface area (Å²) in [6, 6.07) is 0.239. The number of ether oxygens (including phenoxy) is 1. The quantitative estimate of drug-likeness (QED) is 0.349. The highest BCUT2D eigenvalue weighted by molar-refractivity contribution is 7.90. The van der Waals surface area contributed by atoms with Crippen LogP contribution in [0, 0.1) is 0 Å². The minimum atomic E-state index is -2.98. The number of fused-ring (bicyclic) bond motifs is 1. The average Bonchev–Trinajstić information content (AvgIpc) is 3.00. The Balaban J connectivity index is 1.82. The van der Waals surface area contributed by atoms with Crippen molar-refractivity contribution in [2.45, 2.75) is 52.1 Å². The first-order chi connectivity index (χ1) is 12.8. The van der Waals surface area contributed by atoms with Gasteiger partial charge in [-0.05, 0) is 13.3 Å². The molecule has 0 saturated carbocycles. The van der Waals surface area contributed by atoms with E-state index in [1.165, 1.54) is 6.26 Å². The van der Waals surface area contributed by atoms with Crippen molar-refractivity contribution in [3.63, 3.8) is 0 Å². The van der Waals surface area contributed by atoms with Crippen molar-refractivity contribution in [1.29, 1.82) is 0 Å². The molecular weight excluding hydrogens is 368 g/mol. The number of aryl methyl sites for hydroxylation is 1. The summed E-state index contributed by atoms with van der Waals surface area (Å²) in [5.41, 5.74) is 0. The van der Waals surface area contributed by atoms with Crippen LogP contribution in [0.4, 0.5) is 0 Å². The lowest BCUT2D eigenvalue weighted by molar-refractivity contribution is 0.157. The van der Waals surface area contributed by atoms with Crippen LogP contribution in [0.25, 0.3) is 0 Å². The van der Waals surface area contributed by atoms with Gasteiger partial charge in [0.2, 0.25) is 0 Å². The zero-order chi connectivity index (χ0) is 19.9. The standard InChI is InChI=1S/C17H32N6O3S/c1-5-18-17(19-8-9-26-10-11-27(4,24)25)20-14-6-7-15-21-16(13(2)3)22-23(15)12-14/h13-14H,5-12H2,1-4H3,(H2,18,19,20). The van der Waals surface area contributed by atoms with Gasteiger partial charge in [-0.3, -0.25) is 4.99 Å². The first kappa shape index (κ1) is 21.6. The predicted octanol–water partition coefficient (Wildman–Crippen LogP) is 0.333. The number of nitrogens with zero attached hydrogens (tertiary/aromatic N) is 4. The van der Waals surface area contributed by atoms with Crippen molar-refractivity contribution in [1.82, 2.24) is 25.4 Å². The molecule has 154 valence electrons. The molecular formula is C17H32N6O3S. The molecule has 1 atom stereocenters. The van der Waals surface area contributed by atoms with Crippen LogP contribution in [-0.4, -0.2) is 73.5 Å². The smallest absolute Gasteiger partial charge is 0.191 e. The van der Waals surface area contributed by atoms with Gasteiger partial charge in [0.05, 0.1) is 32.1 Å². The van der Waals surface area contributed by atoms with Crippen LogP contribution in [0.2, 0.25) is 0 Å². The van der Waals surface area contributed by atoms with Crippen LogP contribution < -0.4 is 10.6 Å². The molecule has 27 heavy (non-hydrogen) atoms. The van der Waals surface area contributed by atoms with Crippen molar-refractivity contribution in [2.24, 2.45) is 4.99 Å². The minimum Gasteiger partial charge on any atom is -0.378 e. The topological polar surface area (TPSA) is 110 Å². The van der Waals surface area contributed by atoms with E-state index in [2.05, 4.69) is 39.6 Å². The molecule has 1 unspecified atom stereocenters. The number of guanidine groups is 1. The summed E-state index contributed by atoms with van der Waals surface area (Å²) in [4.78, 5) is 9.12. The van der Waals surface area contributed by atoms with Crippen LogP contribution in [0.5, 0.6) is 0 Å². The Labute approximate surface area is 161 Å². The highest BCUT2D eigenvalue weighted by atomic mass is 32.2. The maximum Gasteiger partial charge on any atom is 0.191 e. The Morgan fingerprint density at radius 2 is 2.19 bits per heavy atom. The van der Waals surface area contributed by atoms with Gasteiger partial charge in [0.1, 0.15) is 15.7 Å². The number of rotatable bonds is 9. The second-order valence-electron chi connectivity index (χ2n) is 7.11. The highest BCUT2D eigenvalue weighted by Gasteiger charge is 2.23. The molecule has 0 saturated heterocycles. The van der Waals surface area contributed by atoms with Crippen molar-refractivity contribution in [3.8, 4) is 0 Å². The highest BCUT2D eigenvalue weighted by Crippen LogP contribution is 2.16. The fourth-order valence-corrected chi connectivity index (χ4v) is 3.16. The molecule has 0 aromatic carbocycles. The first-order valence-electron chi connectivity index (χ1n) is 9.52. The summed E-state index contributed by atoms with van der Waals surface area (Å²) in [6.45, 7) is 8.82. The number of nitrogens with one attached hydrogen (secondary N) is 2. The molecule has 2 heterocycles. The fraction of sp³-hybridized carbons (Fsp3) is 0.824. The molecule has 1 aliphatic rings. The maximum atomic E-state index is 11.1. The van der Waals surface area contributed by atoms with Crippen molar-refractivity contribution in [3.05, 3.63) is 11.6 Å². The van der Waals surface area contributed by atoms with Crippen LogP contribution in [0.15, 0.2) is 4.99 Å². The number of aromatic nitrogens is 3. The summed E-state index contributed by atoms with van der Waals surface area (Å²) in [7, 11) is -2.98. The van der Waals surface area contributed by atoms with Gasteiger partial charge in [0, 0.05) is 31.2 Å². The summed E-state index contributed by atoms with van der Waals surface area (Å²) in [5, 5.41) is 11.3. The predicted molar refractivity (Wildman–Crippen MR) is 106 cm³/mol. The fourth-order valence-electron chi connectivity index (χ4n) is 2.74. The van der Waals surface area contributed by atoms with Gasteiger partial charge in [-0.25, -0.2) is 18.1 Å². The van der Waals surface area contributed by atoms with Gasteiger partial charge in [-0.15, -0.1) is 0 Å². The van der Waals surface area contributed by atoms with E-state index in [1.54, 1.807) is 0 Å². The lowest BCUT2D eigenvalue weighted by atomic mass is 10.1. The molecule has 0 fully saturated rings. The van der Waals surface area contributed by atoms with Crippen LogP contribution in [-0.2, 0) is 27.5 Å². The first-order valence-corrected chi connectivity index (χ1v) is 11.6. The van der Waals surface area contributed by atoms with E-state index >= 15 is 0 Å². The summed E-state index contributed by atoms with van der Waals surface area (Å²) < 4.78 is 29.5. The Morgan fingerprint density at radius 1 is 1.41 bits per heavy atom. The second kappa shape index (κ2) is 10.0. The van der Waals surface area contributed by atoms with Crippen LogP contribution in [0.1, 0.15) is 44.8 Å². The maximum absolute atomic E-state index is 11.1. The van der Waals surface area contributed by atoms with E-state index in [0.29, 0.717) is 19.1 Å². The van der Waals surface area contributed by atoms with E-state index in [-0.39, 0.29) is 18.4 Å². The van der Waals surface area contributed by atoms with Gasteiger partial charge in [0.25, 0.3) is 0 Å². The molecule has 9 nitrogen and oxygen atoms in total. The SMILES string of the molecule is CCNC(=NCCOCCS(C)(=O)=O)NC1CCc2nc(C(C)C)nn2C1. The zero-order valence-electron chi connectivity index (χ0n) is 16.7. The molecule has 2 rings (SSSR count). The van der Waals surface area contributed by atoms with E-state index in [4.69, 9.17) is 4.74 Å². The number of hydrogen-bond acceptors (Lipinski definition) is 6. The Hall–Kier alpha value is -1.68. The summed E-state index contributed by atoms with van der Waals surface area (Å²) in [5.74, 6) is 3.06. The summed E-state index contributed by atoms with van der Waals surface area (Å²) in [6.07, 6.45) is 3.08. The lowest BCUT2D eigenvalue weighted by Crippen LogP contribution is -2.47. The molecule has 0 bridgehead atoms. The largest absolute Gasteiger partial charge is 0.378 e. The molecule has 10 heteroatoms. The number of hydrogen-bond donors (Lipinski definition) is 2. The Kier molecular flexibility index (Phi) is 8.03. The van der Waals surface area contributed by atoms with Gasteiger partial charge in [0.15, 0.2) is 11.8 Å². The van der Waals surface area contributed by atoms with Crippen molar-refractivity contribution in [2.75, 3.05) is 38.3 Å². The monoisotopic (exact) mass is 400 g/mol. The number of sulfone groups is 1. The van der Waals surface area contributed by atoms with Crippen LogP contribution >= 0.6 is 0 Å². The minimum absolute atomic E-state index is 0.0374. The molecule has 1 aromatic heterocycles. The van der Waals surface area contributed by atoms with Gasteiger partial charge in [-0.2, -0.15) is 5.10 Å². The molecule has 1 aromatic rings. The molecule has 1 aliphatic heterocycles. The Bertz CT molecular complexity index is 729. The average molecular weight is 401 g/mol. The molecule has 0 amide bonds. The van der Waals surface area contributed by atoms with Crippen molar-refractivity contribution < 1.29 is 13.2 Å². The van der Waals surface area contributed by atoms with Gasteiger partial charge in [-0.1, -0.05) is 13.8 Å². The zero-order valence-corrected chi connectivity index (χ0v) is 17.5. The van der Waals surface area contributed by atoms with E-state index < -0.39 is 9.84 Å².